The molecule has 0 spiro atoms. The van der Waals surface area contributed by atoms with E-state index in [1.807, 2.05) is 0 Å². The smallest absolute Gasteiger partial charge is 0.453 e. The van der Waals surface area contributed by atoms with Gasteiger partial charge in [-0.2, -0.15) is 0 Å². The van der Waals surface area contributed by atoms with Crippen LogP contribution < -0.4 is 14.8 Å². The fraction of sp³-hybridized carbons (Fsp3) is 0.240. The molecule has 0 atom stereocenters. The van der Waals surface area contributed by atoms with Crippen LogP contribution in [0.3, 0.4) is 0 Å². The monoisotopic (exact) mass is 515 g/mol. The van der Waals surface area contributed by atoms with Gasteiger partial charge in [-0.3, -0.25) is 0 Å². The maximum Gasteiger partial charge on any atom is 0.573 e. The molecule has 5 nitrogen and oxygen atoms in total. The summed E-state index contributed by atoms with van der Waals surface area (Å²) in [6.07, 6.45) is -6.37. The number of nitrogens with one attached hydrogen (secondary N) is 1. The highest BCUT2D eigenvalue weighted by Crippen LogP contribution is 2.41. The van der Waals surface area contributed by atoms with Gasteiger partial charge in [0.25, 0.3) is 0 Å². The third-order valence-electron chi connectivity index (χ3n) is 5.06. The number of methoxy groups -OCH3 is 1. The fourth-order valence-electron chi connectivity index (χ4n) is 3.61. The molecule has 2 rings (SSSR count). The van der Waals surface area contributed by atoms with Crippen LogP contribution in [0.5, 0.6) is 11.5 Å². The highest BCUT2D eigenvalue weighted by Gasteiger charge is 2.38. The number of halogens is 6. The van der Waals surface area contributed by atoms with E-state index in [4.69, 9.17) is 0 Å². The molecule has 2 aromatic carbocycles. The number of amides is 1. The lowest BCUT2D eigenvalue weighted by molar-refractivity contribution is -0.275. The zero-order chi connectivity index (χ0) is 27.0. The van der Waals surface area contributed by atoms with E-state index >= 15 is 0 Å². The van der Waals surface area contributed by atoms with E-state index in [0.29, 0.717) is 5.57 Å². The molecule has 0 saturated carbocycles. The summed E-state index contributed by atoms with van der Waals surface area (Å²) < 4.78 is 90.2. The molecule has 0 unspecified atom stereocenters. The van der Waals surface area contributed by atoms with Crippen molar-refractivity contribution in [2.24, 2.45) is 0 Å². The highest BCUT2D eigenvalue weighted by atomic mass is 19.4. The van der Waals surface area contributed by atoms with Crippen LogP contribution in [-0.4, -0.2) is 32.5 Å². The number of hydrogen-bond acceptors (Lipinski definition) is 4. The minimum atomic E-state index is -4.99. The van der Waals surface area contributed by atoms with Crippen molar-refractivity contribution in [1.29, 1.82) is 0 Å². The number of ether oxygens (including phenoxy) is 3. The van der Waals surface area contributed by atoms with Crippen LogP contribution in [-0.2, 0) is 10.2 Å². The third kappa shape index (κ3) is 8.10. The van der Waals surface area contributed by atoms with E-state index in [9.17, 15) is 31.1 Å². The molecule has 0 aliphatic rings. The lowest BCUT2D eigenvalue weighted by atomic mass is 9.70. The van der Waals surface area contributed by atoms with Crippen molar-refractivity contribution in [1.82, 2.24) is 5.32 Å². The zero-order valence-corrected chi connectivity index (χ0v) is 19.1. The van der Waals surface area contributed by atoms with Crippen molar-refractivity contribution < 1.29 is 45.3 Å². The average Bonchev–Trinajstić information content (AvgIpc) is 2.79. The number of carbonyl (C=O) groups excluding carboxylic acids is 1. The Morgan fingerprint density at radius 3 is 1.81 bits per heavy atom. The van der Waals surface area contributed by atoms with Gasteiger partial charge in [0.05, 0.1) is 7.11 Å². The summed E-state index contributed by atoms with van der Waals surface area (Å²) in [5.74, 6) is -1.11. The summed E-state index contributed by atoms with van der Waals surface area (Å²) in [4.78, 5) is 12.0. The lowest BCUT2D eigenvalue weighted by Crippen LogP contribution is -2.42. The molecule has 0 aliphatic carbocycles. The Morgan fingerprint density at radius 2 is 1.42 bits per heavy atom. The van der Waals surface area contributed by atoms with Crippen LogP contribution in [0.1, 0.15) is 17.5 Å². The SMILES string of the molecule is C=C/C=C(\C=C)CC(CNC(=O)OC)(c1cccc(OC(F)(F)F)c1)c1cccc(OC(F)(F)F)c1. The largest absolute Gasteiger partial charge is 0.573 e. The number of hydrogen-bond donors (Lipinski definition) is 1. The van der Waals surface area contributed by atoms with Gasteiger partial charge in [0.15, 0.2) is 0 Å². The van der Waals surface area contributed by atoms with E-state index in [2.05, 4.69) is 32.7 Å². The molecular weight excluding hydrogens is 492 g/mol. The Balaban J connectivity index is 2.81. The van der Waals surface area contributed by atoms with Crippen LogP contribution in [0.25, 0.3) is 0 Å². The molecule has 0 bridgehead atoms. The quantitative estimate of drug-likeness (QED) is 0.279. The van der Waals surface area contributed by atoms with Crippen molar-refractivity contribution in [2.45, 2.75) is 24.6 Å². The molecule has 2 aromatic rings. The van der Waals surface area contributed by atoms with Crippen molar-refractivity contribution in [2.75, 3.05) is 13.7 Å². The van der Waals surface area contributed by atoms with E-state index in [1.165, 1.54) is 36.4 Å². The Labute approximate surface area is 203 Å². The second-order valence-electron chi connectivity index (χ2n) is 7.44. The van der Waals surface area contributed by atoms with Crippen molar-refractivity contribution in [3.05, 3.63) is 96.6 Å². The Morgan fingerprint density at radius 1 is 0.917 bits per heavy atom. The number of alkyl halides is 6. The first-order valence-corrected chi connectivity index (χ1v) is 10.3. The first kappa shape index (κ1) is 28.3. The van der Waals surface area contributed by atoms with E-state index in [1.54, 1.807) is 6.08 Å². The third-order valence-corrected chi connectivity index (χ3v) is 5.06. The molecular formula is C25H23F6NO4. The summed E-state index contributed by atoms with van der Waals surface area (Å²) in [6.45, 7) is 7.05. The normalized spacial score (nSPS) is 12.5. The molecule has 36 heavy (non-hydrogen) atoms. The van der Waals surface area contributed by atoms with Gasteiger partial charge in [-0.05, 0) is 47.4 Å². The van der Waals surface area contributed by atoms with E-state index < -0.39 is 35.7 Å². The molecule has 1 N–H and O–H groups in total. The number of benzene rings is 2. The van der Waals surface area contributed by atoms with Gasteiger partial charge in [0.1, 0.15) is 11.5 Å². The molecule has 0 radical (unpaired) electrons. The molecule has 0 saturated heterocycles. The van der Waals surface area contributed by atoms with Gasteiger partial charge < -0.3 is 19.5 Å². The van der Waals surface area contributed by atoms with E-state index in [-0.39, 0.29) is 24.1 Å². The van der Waals surface area contributed by atoms with Crippen LogP contribution >= 0.6 is 0 Å². The van der Waals surface area contributed by atoms with Gasteiger partial charge in [-0.15, -0.1) is 26.3 Å². The van der Waals surface area contributed by atoms with Gasteiger partial charge in [0, 0.05) is 12.0 Å². The van der Waals surface area contributed by atoms with Gasteiger partial charge in [-0.1, -0.05) is 55.7 Å². The Bertz CT molecular complexity index is 1050. The topological polar surface area (TPSA) is 56.8 Å². The Hall–Kier alpha value is -3.89. The molecule has 0 fully saturated rings. The van der Waals surface area contributed by atoms with Crippen molar-refractivity contribution >= 4 is 6.09 Å². The van der Waals surface area contributed by atoms with Crippen LogP contribution in [0.15, 0.2) is 85.5 Å². The van der Waals surface area contributed by atoms with Gasteiger partial charge in [0.2, 0.25) is 0 Å². The highest BCUT2D eigenvalue weighted by molar-refractivity contribution is 5.67. The number of alkyl carbamates (subject to hydrolysis) is 1. The predicted octanol–water partition coefficient (Wildman–Crippen LogP) is 6.81. The van der Waals surface area contributed by atoms with Crippen molar-refractivity contribution in [3.8, 4) is 11.5 Å². The van der Waals surface area contributed by atoms with Gasteiger partial charge >= 0.3 is 18.8 Å². The maximum atomic E-state index is 12.9. The minimum absolute atomic E-state index is 0.0164. The Kier molecular flexibility index (Phi) is 9.21. The van der Waals surface area contributed by atoms with Gasteiger partial charge in [-0.25, -0.2) is 4.79 Å². The summed E-state index contributed by atoms with van der Waals surface area (Å²) in [5, 5.41) is 2.50. The minimum Gasteiger partial charge on any atom is -0.453 e. The molecule has 1 amide bonds. The lowest BCUT2D eigenvalue weighted by Gasteiger charge is -2.36. The molecule has 0 heterocycles. The second kappa shape index (κ2) is 11.7. The summed E-state index contributed by atoms with van der Waals surface area (Å²) in [7, 11) is 1.11. The number of allylic oxidation sites excluding steroid dienone is 4. The van der Waals surface area contributed by atoms with Crippen LogP contribution in [0.2, 0.25) is 0 Å². The predicted molar refractivity (Wildman–Crippen MR) is 121 cm³/mol. The van der Waals surface area contributed by atoms with E-state index in [0.717, 1.165) is 31.4 Å². The molecule has 0 aromatic heterocycles. The van der Waals surface area contributed by atoms with Crippen LogP contribution in [0, 0.1) is 0 Å². The molecule has 11 heteroatoms. The average molecular weight is 515 g/mol. The standard InChI is InChI=1S/C25H23F6NO4/c1-4-8-17(5-2)15-23(16-32-22(33)34-3,18-9-6-11-20(13-18)35-24(26,27)28)19-10-7-12-21(14-19)36-25(29,30)31/h4-14H,1-2,15-16H2,3H3,(H,32,33)/b17-8+. The summed E-state index contributed by atoms with van der Waals surface area (Å²) >= 11 is 0. The summed E-state index contributed by atoms with van der Waals surface area (Å²) in [6, 6.07) is 9.87. The maximum absolute atomic E-state index is 12.9. The number of rotatable bonds is 10. The molecule has 0 aliphatic heterocycles. The zero-order valence-electron chi connectivity index (χ0n) is 19.1. The fourth-order valence-corrected chi connectivity index (χ4v) is 3.61. The molecule has 194 valence electrons. The van der Waals surface area contributed by atoms with Crippen molar-refractivity contribution in [3.63, 3.8) is 0 Å². The number of carbonyl (C=O) groups is 1. The summed E-state index contributed by atoms with van der Waals surface area (Å²) in [5.41, 5.74) is -0.503. The first-order chi connectivity index (χ1) is 16.8. The first-order valence-electron chi connectivity index (χ1n) is 10.3. The van der Waals surface area contributed by atoms with Crippen LogP contribution in [0.4, 0.5) is 31.1 Å². The second-order valence-corrected chi connectivity index (χ2v) is 7.44.